The molecule has 0 bridgehead atoms. The van der Waals surface area contributed by atoms with Gasteiger partial charge < -0.3 is 15.4 Å². The lowest BCUT2D eigenvalue weighted by Crippen LogP contribution is -2.25. The predicted molar refractivity (Wildman–Crippen MR) is 132 cm³/mol. The van der Waals surface area contributed by atoms with Gasteiger partial charge in [-0.2, -0.15) is 4.98 Å². The molecule has 5 rings (SSSR count). The van der Waals surface area contributed by atoms with Crippen LogP contribution < -0.4 is 20.1 Å². The Morgan fingerprint density at radius 2 is 1.51 bits per heavy atom. The summed E-state index contributed by atoms with van der Waals surface area (Å²) >= 11 is 0. The average molecular weight is 490 g/mol. The van der Waals surface area contributed by atoms with Crippen molar-refractivity contribution in [2.75, 3.05) is 10.6 Å². The van der Waals surface area contributed by atoms with Crippen LogP contribution in [0.3, 0.4) is 0 Å². The van der Waals surface area contributed by atoms with Crippen LogP contribution in [-0.2, 0) is 10.0 Å². The molecule has 0 radical (unpaired) electrons. The van der Waals surface area contributed by atoms with E-state index in [0.717, 1.165) is 24.1 Å². The van der Waals surface area contributed by atoms with Gasteiger partial charge >= 0.3 is 0 Å². The molecule has 2 aromatic carbocycles. The zero-order valence-corrected chi connectivity index (χ0v) is 19.7. The Balaban J connectivity index is 1.25. The van der Waals surface area contributed by atoms with Crippen LogP contribution in [0.5, 0.6) is 11.5 Å². The monoisotopic (exact) mass is 489 g/mol. The molecule has 10 nitrogen and oxygen atoms in total. The molecular weight excluding hydrogens is 466 g/mol. The minimum atomic E-state index is -3.49. The van der Waals surface area contributed by atoms with Gasteiger partial charge in [-0.25, -0.2) is 28.1 Å². The Hall–Kier alpha value is -4.09. The molecule has 178 valence electrons. The van der Waals surface area contributed by atoms with Crippen molar-refractivity contribution in [2.45, 2.75) is 30.7 Å². The SMILES string of the molecule is Cc1cnc(Nc2ccc(S(=O)(=O)NC3CC3)cc2)nc1Nc1ccc(Oc2cncnc2)cc1. The molecule has 2 heterocycles. The summed E-state index contributed by atoms with van der Waals surface area (Å²) in [7, 11) is -3.49. The number of anilines is 4. The van der Waals surface area contributed by atoms with Crippen molar-refractivity contribution in [3.8, 4) is 11.5 Å². The topological polar surface area (TPSA) is 131 Å². The fourth-order valence-corrected chi connectivity index (χ4v) is 4.49. The molecule has 35 heavy (non-hydrogen) atoms. The van der Waals surface area contributed by atoms with Gasteiger partial charge in [0.05, 0.1) is 17.3 Å². The van der Waals surface area contributed by atoms with Crippen LogP contribution in [0.4, 0.5) is 23.1 Å². The van der Waals surface area contributed by atoms with Crippen molar-refractivity contribution >= 4 is 33.2 Å². The van der Waals surface area contributed by atoms with Crippen molar-refractivity contribution < 1.29 is 13.2 Å². The van der Waals surface area contributed by atoms with E-state index in [9.17, 15) is 8.42 Å². The maximum Gasteiger partial charge on any atom is 0.240 e. The van der Waals surface area contributed by atoms with Crippen molar-refractivity contribution in [2.24, 2.45) is 0 Å². The smallest absolute Gasteiger partial charge is 0.240 e. The Morgan fingerprint density at radius 3 is 2.20 bits per heavy atom. The van der Waals surface area contributed by atoms with Gasteiger partial charge in [0.1, 0.15) is 17.9 Å². The predicted octanol–water partition coefficient (Wildman–Crippen LogP) is 4.30. The van der Waals surface area contributed by atoms with Gasteiger partial charge in [0.2, 0.25) is 16.0 Å². The second-order valence-corrected chi connectivity index (χ2v) is 9.81. The molecule has 2 aromatic heterocycles. The molecule has 4 aromatic rings. The minimum Gasteiger partial charge on any atom is -0.454 e. The summed E-state index contributed by atoms with van der Waals surface area (Å²) in [5.74, 6) is 2.24. The van der Waals surface area contributed by atoms with Gasteiger partial charge in [-0.15, -0.1) is 0 Å². The van der Waals surface area contributed by atoms with E-state index in [1.54, 1.807) is 42.9 Å². The number of nitrogens with one attached hydrogen (secondary N) is 3. The van der Waals surface area contributed by atoms with E-state index in [4.69, 9.17) is 4.74 Å². The van der Waals surface area contributed by atoms with Crippen LogP contribution in [0.25, 0.3) is 0 Å². The first-order chi connectivity index (χ1) is 16.9. The lowest BCUT2D eigenvalue weighted by Gasteiger charge is -2.12. The minimum absolute atomic E-state index is 0.0619. The number of nitrogens with zero attached hydrogens (tertiary/aromatic N) is 4. The van der Waals surface area contributed by atoms with E-state index >= 15 is 0 Å². The van der Waals surface area contributed by atoms with Crippen LogP contribution in [0, 0.1) is 6.92 Å². The Labute approximate surface area is 202 Å². The van der Waals surface area contributed by atoms with Gasteiger partial charge in [0.25, 0.3) is 0 Å². The second kappa shape index (κ2) is 9.65. The van der Waals surface area contributed by atoms with Crippen LogP contribution >= 0.6 is 0 Å². The first-order valence-corrected chi connectivity index (χ1v) is 12.5. The molecule has 0 aliphatic heterocycles. The molecule has 0 amide bonds. The highest BCUT2D eigenvalue weighted by atomic mass is 32.2. The summed E-state index contributed by atoms with van der Waals surface area (Å²) in [6, 6.07) is 14.0. The Kier molecular flexibility index (Phi) is 6.25. The molecule has 0 unspecified atom stereocenters. The van der Waals surface area contributed by atoms with Crippen molar-refractivity contribution in [3.05, 3.63) is 79.0 Å². The third-order valence-corrected chi connectivity index (χ3v) is 6.72. The van der Waals surface area contributed by atoms with Crippen molar-refractivity contribution in [3.63, 3.8) is 0 Å². The lowest BCUT2D eigenvalue weighted by atomic mass is 10.2. The zero-order valence-electron chi connectivity index (χ0n) is 18.8. The maximum atomic E-state index is 12.3. The van der Waals surface area contributed by atoms with Crippen molar-refractivity contribution in [1.82, 2.24) is 24.7 Å². The van der Waals surface area contributed by atoms with E-state index < -0.39 is 10.0 Å². The largest absolute Gasteiger partial charge is 0.454 e. The zero-order chi connectivity index (χ0) is 24.3. The summed E-state index contributed by atoms with van der Waals surface area (Å²) in [6.07, 6.45) is 8.12. The lowest BCUT2D eigenvalue weighted by molar-refractivity contribution is 0.477. The fourth-order valence-electron chi connectivity index (χ4n) is 3.18. The van der Waals surface area contributed by atoms with Crippen LogP contribution in [0.2, 0.25) is 0 Å². The van der Waals surface area contributed by atoms with Crippen LogP contribution in [0.15, 0.2) is 78.3 Å². The first kappa shape index (κ1) is 22.7. The number of aryl methyl sites for hydroxylation is 1. The molecule has 1 aliphatic carbocycles. The first-order valence-electron chi connectivity index (χ1n) is 11.0. The summed E-state index contributed by atoms with van der Waals surface area (Å²) < 4.78 is 33.1. The van der Waals surface area contributed by atoms with E-state index in [1.165, 1.54) is 6.33 Å². The highest BCUT2D eigenvalue weighted by Gasteiger charge is 2.27. The van der Waals surface area contributed by atoms with Crippen LogP contribution in [-0.4, -0.2) is 34.4 Å². The normalized spacial score (nSPS) is 13.3. The van der Waals surface area contributed by atoms with Crippen molar-refractivity contribution in [1.29, 1.82) is 0 Å². The van der Waals surface area contributed by atoms with E-state index in [2.05, 4.69) is 35.3 Å². The maximum absolute atomic E-state index is 12.3. The number of rotatable bonds is 9. The molecule has 1 aliphatic rings. The third-order valence-electron chi connectivity index (χ3n) is 5.18. The molecule has 11 heteroatoms. The third kappa shape index (κ3) is 5.89. The van der Waals surface area contributed by atoms with Gasteiger partial charge in [0.15, 0.2) is 5.75 Å². The fraction of sp³-hybridized carbons (Fsp3) is 0.167. The standard InChI is InChI=1S/C24H23N7O3S/c1-16-12-27-24(29-18-6-10-22(11-7-18)35(32,33)31-19-2-3-19)30-23(16)28-17-4-8-20(9-5-17)34-21-13-25-15-26-14-21/h4-15,19,31H,2-3H2,1H3,(H2,27,28,29,30). The highest BCUT2D eigenvalue weighted by Crippen LogP contribution is 2.26. The van der Waals surface area contributed by atoms with E-state index in [1.807, 2.05) is 31.2 Å². The molecule has 1 saturated carbocycles. The Morgan fingerprint density at radius 1 is 0.857 bits per heavy atom. The second-order valence-electron chi connectivity index (χ2n) is 8.10. The van der Waals surface area contributed by atoms with Gasteiger partial charge in [-0.1, -0.05) is 0 Å². The number of hydrogen-bond acceptors (Lipinski definition) is 9. The molecule has 0 saturated heterocycles. The molecule has 3 N–H and O–H groups in total. The quantitative estimate of drug-likeness (QED) is 0.315. The van der Waals surface area contributed by atoms with Gasteiger partial charge in [-0.05, 0) is 68.3 Å². The molecular formula is C24H23N7O3S. The summed E-state index contributed by atoms with van der Waals surface area (Å²) in [5, 5.41) is 6.40. The highest BCUT2D eigenvalue weighted by molar-refractivity contribution is 7.89. The molecule has 0 spiro atoms. The van der Waals surface area contributed by atoms with Crippen LogP contribution in [0.1, 0.15) is 18.4 Å². The van der Waals surface area contributed by atoms with Gasteiger partial charge in [0, 0.05) is 29.2 Å². The summed E-state index contributed by atoms with van der Waals surface area (Å²) in [6.45, 7) is 1.91. The van der Waals surface area contributed by atoms with E-state index in [-0.39, 0.29) is 10.9 Å². The number of benzene rings is 2. The summed E-state index contributed by atoms with van der Waals surface area (Å²) in [4.78, 5) is 17.0. The molecule has 0 atom stereocenters. The Bertz CT molecular complexity index is 1410. The number of sulfonamides is 1. The number of hydrogen-bond donors (Lipinski definition) is 3. The van der Waals surface area contributed by atoms with Gasteiger partial charge in [-0.3, -0.25) is 0 Å². The molecule has 1 fully saturated rings. The average Bonchev–Trinajstić information content (AvgIpc) is 3.67. The summed E-state index contributed by atoms with van der Waals surface area (Å²) in [5.41, 5.74) is 2.37. The number of aromatic nitrogens is 4. The number of ether oxygens (including phenoxy) is 1. The van der Waals surface area contributed by atoms with E-state index in [0.29, 0.717) is 29.0 Å².